The fourth-order valence-electron chi connectivity index (χ4n) is 4.23. The van der Waals surface area contributed by atoms with Crippen molar-refractivity contribution in [3.63, 3.8) is 0 Å². The Hall–Kier alpha value is -1.42. The Morgan fingerprint density at radius 3 is 2.61 bits per heavy atom. The predicted molar refractivity (Wildman–Crippen MR) is 96.8 cm³/mol. The second-order valence-electron chi connectivity index (χ2n) is 7.27. The lowest BCUT2D eigenvalue weighted by atomic mass is 10.00. The molecule has 0 spiro atoms. The highest BCUT2D eigenvalue weighted by Gasteiger charge is 2.30. The van der Waals surface area contributed by atoms with Crippen LogP contribution in [0, 0.1) is 6.92 Å². The first-order chi connectivity index (χ1) is 11.2. The lowest BCUT2D eigenvalue weighted by molar-refractivity contribution is 0.0176. The molecular weight excluding hydrogens is 282 g/mol. The summed E-state index contributed by atoms with van der Waals surface area (Å²) in [6.45, 7) is 10.6. The van der Waals surface area contributed by atoms with Gasteiger partial charge in [0.05, 0.1) is 0 Å². The number of hydrogen-bond acceptors (Lipinski definition) is 3. The summed E-state index contributed by atoms with van der Waals surface area (Å²) in [5.74, 6) is 0. The Morgan fingerprint density at radius 2 is 1.70 bits per heavy atom. The molecule has 0 N–H and O–H groups in total. The van der Waals surface area contributed by atoms with E-state index in [2.05, 4.69) is 65.1 Å². The van der Waals surface area contributed by atoms with Gasteiger partial charge in [-0.1, -0.05) is 36.4 Å². The Labute approximate surface area is 139 Å². The summed E-state index contributed by atoms with van der Waals surface area (Å²) in [4.78, 5) is 7.81. The molecule has 23 heavy (non-hydrogen) atoms. The summed E-state index contributed by atoms with van der Waals surface area (Å²) < 4.78 is 0. The van der Waals surface area contributed by atoms with E-state index in [4.69, 9.17) is 0 Å². The second kappa shape index (κ2) is 6.23. The molecule has 2 saturated heterocycles. The number of aryl methyl sites for hydroxylation is 1. The van der Waals surface area contributed by atoms with Crippen molar-refractivity contribution in [2.24, 2.45) is 0 Å². The first-order valence-corrected chi connectivity index (χ1v) is 8.83. The molecule has 0 aliphatic carbocycles. The van der Waals surface area contributed by atoms with E-state index < -0.39 is 0 Å². The van der Waals surface area contributed by atoms with Crippen LogP contribution in [-0.2, 0) is 6.54 Å². The van der Waals surface area contributed by atoms with Gasteiger partial charge in [0.2, 0.25) is 0 Å². The molecule has 3 heteroatoms. The Balaban J connectivity index is 1.54. The summed E-state index contributed by atoms with van der Waals surface area (Å²) in [5.41, 5.74) is 2.85. The molecular formula is C20H27N3. The number of likely N-dealkylation sites (N-methyl/N-ethyl adjacent to an activating group) is 1. The summed E-state index contributed by atoms with van der Waals surface area (Å²) in [7, 11) is 2.25. The van der Waals surface area contributed by atoms with E-state index >= 15 is 0 Å². The summed E-state index contributed by atoms with van der Waals surface area (Å²) in [6.07, 6.45) is 0. The van der Waals surface area contributed by atoms with Gasteiger partial charge in [0.15, 0.2) is 0 Å². The normalized spacial score (nSPS) is 24.0. The highest BCUT2D eigenvalue weighted by atomic mass is 15.3. The zero-order valence-electron chi connectivity index (χ0n) is 14.3. The van der Waals surface area contributed by atoms with Crippen molar-refractivity contribution in [2.75, 3.05) is 46.3 Å². The molecule has 0 radical (unpaired) electrons. The molecule has 0 unspecified atom stereocenters. The summed E-state index contributed by atoms with van der Waals surface area (Å²) in [6, 6.07) is 14.2. The molecule has 3 nitrogen and oxygen atoms in total. The number of hydrogen-bond donors (Lipinski definition) is 0. The van der Waals surface area contributed by atoms with Crippen LogP contribution in [0.4, 0.5) is 0 Å². The maximum atomic E-state index is 2.68. The molecule has 1 atom stereocenters. The molecule has 2 aliphatic heterocycles. The largest absolute Gasteiger partial charge is 0.303 e. The number of benzene rings is 2. The first-order valence-electron chi connectivity index (χ1n) is 8.83. The molecule has 0 saturated carbocycles. The van der Waals surface area contributed by atoms with Gasteiger partial charge >= 0.3 is 0 Å². The highest BCUT2D eigenvalue weighted by molar-refractivity contribution is 5.88. The van der Waals surface area contributed by atoms with Crippen LogP contribution in [0.25, 0.3) is 10.8 Å². The first kappa shape index (κ1) is 15.1. The molecule has 2 heterocycles. The third kappa shape index (κ3) is 3.01. The third-order valence-corrected chi connectivity index (χ3v) is 5.60. The Kier molecular flexibility index (Phi) is 4.10. The average Bonchev–Trinajstić information content (AvgIpc) is 2.55. The number of piperazine rings is 2. The van der Waals surface area contributed by atoms with E-state index in [1.54, 1.807) is 0 Å². The molecule has 2 aliphatic rings. The second-order valence-corrected chi connectivity index (χ2v) is 7.27. The van der Waals surface area contributed by atoms with Gasteiger partial charge < -0.3 is 4.90 Å². The van der Waals surface area contributed by atoms with Gasteiger partial charge in [-0.3, -0.25) is 9.80 Å². The van der Waals surface area contributed by atoms with Crippen LogP contribution in [0.15, 0.2) is 36.4 Å². The van der Waals surface area contributed by atoms with Crippen molar-refractivity contribution in [3.05, 3.63) is 47.5 Å². The smallest absolute Gasteiger partial charge is 0.0351 e. The number of fused-ring (bicyclic) bond motifs is 2. The van der Waals surface area contributed by atoms with E-state index in [0.29, 0.717) is 6.04 Å². The van der Waals surface area contributed by atoms with Crippen molar-refractivity contribution in [3.8, 4) is 0 Å². The van der Waals surface area contributed by atoms with Crippen LogP contribution < -0.4 is 0 Å². The van der Waals surface area contributed by atoms with Gasteiger partial charge in [0.1, 0.15) is 0 Å². The number of nitrogens with zero attached hydrogens (tertiary/aromatic N) is 3. The molecule has 0 amide bonds. The minimum absolute atomic E-state index is 0.708. The fraction of sp³-hybridized carbons (Fsp3) is 0.500. The third-order valence-electron chi connectivity index (χ3n) is 5.60. The maximum Gasteiger partial charge on any atom is 0.0351 e. The zero-order chi connectivity index (χ0) is 15.8. The molecule has 2 aromatic rings. The Bertz CT molecular complexity index is 696. The van der Waals surface area contributed by atoms with E-state index in [9.17, 15) is 0 Å². The van der Waals surface area contributed by atoms with Crippen molar-refractivity contribution in [1.29, 1.82) is 0 Å². The SMILES string of the molecule is Cc1cccc2c(CN3CCN4CCN(C)C[C@@H]4C3)cccc12. The lowest BCUT2D eigenvalue weighted by Crippen LogP contribution is -2.61. The minimum Gasteiger partial charge on any atom is -0.303 e. The highest BCUT2D eigenvalue weighted by Crippen LogP contribution is 2.24. The zero-order valence-corrected chi connectivity index (χ0v) is 14.3. The van der Waals surface area contributed by atoms with Gasteiger partial charge in [-0.05, 0) is 35.9 Å². The van der Waals surface area contributed by atoms with Crippen molar-refractivity contribution in [2.45, 2.75) is 19.5 Å². The Morgan fingerprint density at radius 1 is 0.913 bits per heavy atom. The van der Waals surface area contributed by atoms with Gasteiger partial charge in [0.25, 0.3) is 0 Å². The molecule has 122 valence electrons. The minimum atomic E-state index is 0.708. The van der Waals surface area contributed by atoms with Gasteiger partial charge in [-0.15, -0.1) is 0 Å². The molecule has 2 fully saturated rings. The fourth-order valence-corrected chi connectivity index (χ4v) is 4.23. The lowest BCUT2D eigenvalue weighted by Gasteiger charge is -2.46. The van der Waals surface area contributed by atoms with Crippen LogP contribution >= 0.6 is 0 Å². The standard InChI is InChI=1S/C20H27N3/c1-16-5-3-8-20-17(6-4-7-19(16)20)13-22-10-12-23-11-9-21(2)14-18(23)15-22/h3-8,18H,9-15H2,1-2H3/t18-/m1/s1. The summed E-state index contributed by atoms with van der Waals surface area (Å²) >= 11 is 0. The van der Waals surface area contributed by atoms with E-state index in [1.165, 1.54) is 61.2 Å². The maximum absolute atomic E-state index is 2.68. The van der Waals surface area contributed by atoms with Crippen LogP contribution in [0.3, 0.4) is 0 Å². The average molecular weight is 309 g/mol. The number of rotatable bonds is 2. The van der Waals surface area contributed by atoms with Crippen LogP contribution in [0.5, 0.6) is 0 Å². The molecule has 0 aromatic heterocycles. The summed E-state index contributed by atoms with van der Waals surface area (Å²) in [5, 5.41) is 2.83. The molecule has 2 aromatic carbocycles. The van der Waals surface area contributed by atoms with E-state index in [-0.39, 0.29) is 0 Å². The van der Waals surface area contributed by atoms with Crippen molar-refractivity contribution in [1.82, 2.24) is 14.7 Å². The van der Waals surface area contributed by atoms with Gasteiger partial charge in [-0.2, -0.15) is 0 Å². The topological polar surface area (TPSA) is 9.72 Å². The van der Waals surface area contributed by atoms with Gasteiger partial charge in [-0.25, -0.2) is 0 Å². The molecule has 0 bridgehead atoms. The van der Waals surface area contributed by atoms with E-state index in [1.807, 2.05) is 0 Å². The molecule has 4 rings (SSSR count). The van der Waals surface area contributed by atoms with E-state index in [0.717, 1.165) is 6.54 Å². The monoisotopic (exact) mass is 309 g/mol. The van der Waals surface area contributed by atoms with Gasteiger partial charge in [0, 0.05) is 51.9 Å². The van der Waals surface area contributed by atoms with Crippen LogP contribution in [0.2, 0.25) is 0 Å². The predicted octanol–water partition coefficient (Wildman–Crippen LogP) is 2.58. The quantitative estimate of drug-likeness (QED) is 0.844. The van der Waals surface area contributed by atoms with Crippen LogP contribution in [-0.4, -0.2) is 67.1 Å². The van der Waals surface area contributed by atoms with Crippen molar-refractivity contribution >= 4 is 10.8 Å². The van der Waals surface area contributed by atoms with Crippen molar-refractivity contribution < 1.29 is 0 Å². The van der Waals surface area contributed by atoms with Crippen LogP contribution in [0.1, 0.15) is 11.1 Å².